The van der Waals surface area contributed by atoms with E-state index in [1.807, 2.05) is 5.43 Å². The molecule has 0 saturated heterocycles. The van der Waals surface area contributed by atoms with E-state index < -0.39 is 69.9 Å². The molecule has 192 valence electrons. The number of benzene rings is 3. The molecule has 0 radical (unpaired) electrons. The fourth-order valence-electron chi connectivity index (χ4n) is 3.97. The number of hydrazine groups is 1. The number of rotatable bonds is 5. The molecule has 0 bridgehead atoms. The average molecular weight is 570 g/mol. The van der Waals surface area contributed by atoms with Crippen molar-refractivity contribution < 1.29 is 80.0 Å². The molecule has 1 heterocycles. The number of fused-ring (bicyclic) bond motifs is 2. The van der Waals surface area contributed by atoms with Crippen molar-refractivity contribution >= 4 is 48.8 Å². The Morgan fingerprint density at radius 3 is 2.13 bits per heavy atom. The number of nitrogen functional groups attached to an aromatic ring is 2. The van der Waals surface area contributed by atoms with Gasteiger partial charge in [-0.25, -0.2) is 27.5 Å². The van der Waals surface area contributed by atoms with E-state index in [9.17, 15) is 40.6 Å². The van der Waals surface area contributed by atoms with Gasteiger partial charge in [0.25, 0.3) is 5.91 Å². The first-order valence-electron chi connectivity index (χ1n) is 9.87. The molecule has 8 N–H and O–H groups in total. The summed E-state index contributed by atoms with van der Waals surface area (Å²) in [5.41, 5.74) is 5.06. The van der Waals surface area contributed by atoms with Crippen LogP contribution in [0.3, 0.4) is 0 Å². The van der Waals surface area contributed by atoms with Gasteiger partial charge >= 0.3 is 35.5 Å². The molecule has 1 amide bonds. The molecule has 1 aliphatic carbocycles. The summed E-state index contributed by atoms with van der Waals surface area (Å²) >= 11 is 0. The molecular formula is C21H15N4NaO10S2. The van der Waals surface area contributed by atoms with Gasteiger partial charge < -0.3 is 24.4 Å². The van der Waals surface area contributed by atoms with Gasteiger partial charge in [-0.3, -0.25) is 15.6 Å². The second-order valence-corrected chi connectivity index (χ2v) is 10.3. The van der Waals surface area contributed by atoms with E-state index in [2.05, 4.69) is 0 Å². The molecule has 0 aromatic heterocycles. The predicted molar refractivity (Wildman–Crippen MR) is 122 cm³/mol. The summed E-state index contributed by atoms with van der Waals surface area (Å²) in [4.78, 5) is 22.1. The zero-order valence-corrected chi connectivity index (χ0v) is 22.8. The van der Waals surface area contributed by atoms with Gasteiger partial charge in [0.2, 0.25) is 5.36 Å². The quantitative estimate of drug-likeness (QED) is 0.0289. The Labute approximate surface area is 235 Å². The van der Waals surface area contributed by atoms with Crippen LogP contribution in [0.5, 0.6) is 0 Å². The summed E-state index contributed by atoms with van der Waals surface area (Å²) in [6.45, 7) is 0. The normalized spacial score (nSPS) is 11.8. The third-order valence-corrected chi connectivity index (χ3v) is 7.28. The van der Waals surface area contributed by atoms with Crippen LogP contribution in [0.4, 0.5) is 5.69 Å². The van der Waals surface area contributed by atoms with Crippen molar-refractivity contribution in [1.29, 1.82) is 0 Å². The number of carboxylic acids is 1. The number of aromatic carboxylic acids is 1. The van der Waals surface area contributed by atoms with E-state index in [0.717, 1.165) is 30.3 Å². The van der Waals surface area contributed by atoms with E-state index in [1.54, 1.807) is 0 Å². The zero-order valence-electron chi connectivity index (χ0n) is 19.2. The first-order valence-corrected chi connectivity index (χ1v) is 12.7. The topological polar surface area (TPSA) is 272 Å². The SMILES string of the molecule is NNC(=O)c1ccc(C(=O)O)c(-c2c3ccc(=[NH2+])c(S(=O)(=O)[O-])c-3oc3c(S(=O)(=O)[O-])c(N)ccc23)c1.[Na+]. The second-order valence-electron chi connectivity index (χ2n) is 7.65. The molecule has 38 heavy (non-hydrogen) atoms. The summed E-state index contributed by atoms with van der Waals surface area (Å²) in [6, 6.07) is 7.75. The van der Waals surface area contributed by atoms with Crippen molar-refractivity contribution in [3.63, 3.8) is 0 Å². The van der Waals surface area contributed by atoms with Crippen LogP contribution >= 0.6 is 0 Å². The summed E-state index contributed by atoms with van der Waals surface area (Å²) in [7, 11) is -10.7. The van der Waals surface area contributed by atoms with Crippen LogP contribution in [0.25, 0.3) is 33.4 Å². The van der Waals surface area contributed by atoms with Gasteiger partial charge in [0.05, 0.1) is 11.3 Å². The Hall–Kier alpha value is -3.35. The van der Waals surface area contributed by atoms with Crippen LogP contribution in [-0.2, 0) is 20.2 Å². The van der Waals surface area contributed by atoms with Crippen LogP contribution < -0.4 is 57.3 Å². The molecule has 17 heteroatoms. The number of amides is 1. The van der Waals surface area contributed by atoms with Crippen LogP contribution in [0.2, 0.25) is 0 Å². The average Bonchev–Trinajstić information content (AvgIpc) is 2.79. The van der Waals surface area contributed by atoms with Crippen LogP contribution in [-0.4, -0.2) is 42.9 Å². The Morgan fingerprint density at radius 2 is 1.58 bits per heavy atom. The molecule has 0 saturated carbocycles. The number of hydrogen-bond donors (Lipinski definition) is 5. The van der Waals surface area contributed by atoms with E-state index in [4.69, 9.17) is 21.4 Å². The maximum atomic E-state index is 12.2. The maximum absolute atomic E-state index is 12.2. The summed E-state index contributed by atoms with van der Waals surface area (Å²) < 4.78 is 78.1. The van der Waals surface area contributed by atoms with Crippen molar-refractivity contribution in [2.45, 2.75) is 9.79 Å². The first-order chi connectivity index (χ1) is 17.2. The summed E-state index contributed by atoms with van der Waals surface area (Å²) in [5, 5.41) is 14.8. The number of carbonyl (C=O) groups excluding carboxylic acids is 1. The fourth-order valence-corrected chi connectivity index (χ4v) is 5.44. The monoisotopic (exact) mass is 570 g/mol. The number of nitrogens with two attached hydrogens (primary N) is 3. The second kappa shape index (κ2) is 10.1. The van der Waals surface area contributed by atoms with E-state index in [-0.39, 0.29) is 57.2 Å². The Kier molecular flexibility index (Phi) is 7.75. The van der Waals surface area contributed by atoms with Crippen LogP contribution in [0, 0.1) is 0 Å². The van der Waals surface area contributed by atoms with Crippen molar-refractivity contribution in [3.05, 3.63) is 58.9 Å². The molecule has 0 spiro atoms. The van der Waals surface area contributed by atoms with Crippen molar-refractivity contribution in [3.8, 4) is 22.5 Å². The molecule has 2 aromatic carbocycles. The van der Waals surface area contributed by atoms with Crippen molar-refractivity contribution in [1.82, 2.24) is 5.43 Å². The largest absolute Gasteiger partial charge is 1.00 e. The third-order valence-electron chi connectivity index (χ3n) is 5.44. The van der Waals surface area contributed by atoms with Gasteiger partial charge in [0, 0.05) is 28.1 Å². The van der Waals surface area contributed by atoms with Crippen LogP contribution in [0.1, 0.15) is 20.7 Å². The molecule has 2 aliphatic rings. The number of carboxylic acid groups (broad SMARTS) is 1. The molecule has 0 unspecified atom stereocenters. The zero-order chi connectivity index (χ0) is 27.4. The number of nitrogens with one attached hydrogen (secondary N) is 1. The first kappa shape index (κ1) is 29.2. The van der Waals surface area contributed by atoms with Crippen LogP contribution in [0.15, 0.2) is 56.7 Å². The van der Waals surface area contributed by atoms with Gasteiger partial charge in [-0.2, -0.15) is 0 Å². The Balaban J connectivity index is 0.00000400. The minimum atomic E-state index is -5.36. The molecule has 1 aliphatic heterocycles. The minimum absolute atomic E-state index is 0. The van der Waals surface area contributed by atoms with E-state index in [1.165, 1.54) is 12.1 Å². The maximum Gasteiger partial charge on any atom is 1.00 e. The molecule has 14 nitrogen and oxygen atoms in total. The van der Waals surface area contributed by atoms with Crippen molar-refractivity contribution in [2.75, 3.05) is 5.73 Å². The fraction of sp³-hybridized carbons (Fsp3) is 0. The molecule has 2 aromatic rings. The number of carbonyl (C=O) groups is 2. The van der Waals surface area contributed by atoms with Gasteiger partial charge in [0.1, 0.15) is 25.1 Å². The molecule has 0 fully saturated rings. The predicted octanol–water partition coefficient (Wildman–Crippen LogP) is -4.44. The summed E-state index contributed by atoms with van der Waals surface area (Å²) in [5.74, 6) is 2.10. The van der Waals surface area contributed by atoms with Gasteiger partial charge in [-0.05, 0) is 42.0 Å². The number of hydrogen-bond acceptors (Lipinski definition) is 11. The van der Waals surface area contributed by atoms with Gasteiger partial charge in [-0.1, -0.05) is 0 Å². The molecule has 0 atom stereocenters. The standard InChI is InChI=1S/C21H16N4O10S2.Na/c22-13-5-3-10-15(12-7-8(20(26)25-24)1-2-9(12)21(27)28)11-4-6-14(23)19(37(32,33)34)17(11)35-16(10)18(13)36(29,30)31;/h1-7,22H,23-24H2,(H,25,26)(H,27,28)(H,29,30,31)(H,32,33,34);/q;+1/p-1. The van der Waals surface area contributed by atoms with E-state index >= 15 is 0 Å². The third kappa shape index (κ3) is 4.91. The van der Waals surface area contributed by atoms with E-state index in [0.29, 0.717) is 0 Å². The Bertz CT molecular complexity index is 1900. The molecule has 4 rings (SSSR count). The van der Waals surface area contributed by atoms with Gasteiger partial charge in [0.15, 0.2) is 16.2 Å². The molecular weight excluding hydrogens is 555 g/mol. The smallest absolute Gasteiger partial charge is 0.744 e. The van der Waals surface area contributed by atoms with Gasteiger partial charge in [-0.15, -0.1) is 0 Å². The Morgan fingerprint density at radius 1 is 0.947 bits per heavy atom. The number of anilines is 1. The van der Waals surface area contributed by atoms with Crippen molar-refractivity contribution in [2.24, 2.45) is 5.84 Å². The summed E-state index contributed by atoms with van der Waals surface area (Å²) in [6.07, 6.45) is 0. The minimum Gasteiger partial charge on any atom is -0.744 e.